The lowest BCUT2D eigenvalue weighted by Gasteiger charge is -2.32. The van der Waals surface area contributed by atoms with Gasteiger partial charge in [-0.25, -0.2) is 4.98 Å². The van der Waals surface area contributed by atoms with Crippen molar-refractivity contribution in [3.05, 3.63) is 74.6 Å². The van der Waals surface area contributed by atoms with E-state index in [1.54, 1.807) is 28.5 Å². The number of aliphatic hydroxyl groups is 1. The van der Waals surface area contributed by atoms with Crippen molar-refractivity contribution in [2.75, 3.05) is 13.1 Å². The average molecular weight is 501 g/mol. The molecule has 36 heavy (non-hydrogen) atoms. The fourth-order valence-electron chi connectivity index (χ4n) is 5.01. The highest BCUT2D eigenvalue weighted by atomic mass is 32.1. The van der Waals surface area contributed by atoms with Crippen molar-refractivity contribution in [3.63, 3.8) is 0 Å². The maximum Gasteiger partial charge on any atom is 0.256 e. The standard InChI is InChI=1S/C28H28N4O3S/c1-17-6-7-18(2)22(14-17)26(33)28(34)32-12-9-19(10-13-32)27-31-23(16-36-27)21-5-3-4-20(15-29)25(21)24-8-11-30-35-24/h3-7,11,14,16,19,24,26,33H,8-10,12-13H2,1-2H3. The number of aryl methyl sites for hydroxylation is 2. The van der Waals surface area contributed by atoms with Crippen molar-refractivity contribution < 1.29 is 14.7 Å². The van der Waals surface area contributed by atoms with Crippen LogP contribution in [0.3, 0.4) is 0 Å². The Bertz CT molecular complexity index is 1340. The minimum atomic E-state index is -1.14. The van der Waals surface area contributed by atoms with Gasteiger partial charge in [0.2, 0.25) is 0 Å². The second-order valence-corrected chi connectivity index (χ2v) is 10.3. The van der Waals surface area contributed by atoms with E-state index < -0.39 is 6.10 Å². The average Bonchev–Trinajstić information content (AvgIpc) is 3.62. The van der Waals surface area contributed by atoms with Gasteiger partial charge < -0.3 is 14.8 Å². The SMILES string of the molecule is Cc1ccc(C)c(C(O)C(=O)N2CCC(c3nc(-c4cccc(C#N)c4C4CC=NO4)cs3)CC2)c1. The smallest absolute Gasteiger partial charge is 0.256 e. The van der Waals surface area contributed by atoms with Crippen molar-refractivity contribution in [1.82, 2.24) is 9.88 Å². The molecule has 2 aromatic carbocycles. The van der Waals surface area contributed by atoms with E-state index in [0.717, 1.165) is 45.8 Å². The molecule has 0 bridgehead atoms. The van der Waals surface area contributed by atoms with Gasteiger partial charge in [-0.3, -0.25) is 4.79 Å². The molecule has 5 rings (SSSR count). The highest BCUT2D eigenvalue weighted by Crippen LogP contribution is 2.39. The molecule has 7 nitrogen and oxygen atoms in total. The number of likely N-dealkylation sites (tertiary alicyclic amines) is 1. The fraction of sp³-hybridized carbons (Fsp3) is 0.357. The van der Waals surface area contributed by atoms with Crippen LogP contribution in [-0.4, -0.2) is 40.2 Å². The lowest BCUT2D eigenvalue weighted by molar-refractivity contribution is -0.141. The second-order valence-electron chi connectivity index (χ2n) is 9.43. The number of aliphatic hydroxyl groups excluding tert-OH is 1. The zero-order valence-corrected chi connectivity index (χ0v) is 21.2. The summed E-state index contributed by atoms with van der Waals surface area (Å²) in [5.74, 6) is 0.0121. The van der Waals surface area contributed by atoms with E-state index in [1.807, 2.05) is 49.6 Å². The summed E-state index contributed by atoms with van der Waals surface area (Å²) < 4.78 is 0. The van der Waals surface area contributed by atoms with Gasteiger partial charge in [-0.15, -0.1) is 11.3 Å². The largest absolute Gasteiger partial charge is 0.387 e. The molecule has 184 valence electrons. The third-order valence-electron chi connectivity index (χ3n) is 7.05. The number of piperidine rings is 1. The van der Waals surface area contributed by atoms with E-state index in [0.29, 0.717) is 30.6 Å². The van der Waals surface area contributed by atoms with E-state index in [9.17, 15) is 15.2 Å². The Morgan fingerprint density at radius 2 is 2.06 bits per heavy atom. The minimum absolute atomic E-state index is 0.237. The molecule has 2 aliphatic heterocycles. The van der Waals surface area contributed by atoms with Gasteiger partial charge in [0, 0.05) is 48.1 Å². The maximum atomic E-state index is 13.0. The molecule has 1 saturated heterocycles. The van der Waals surface area contributed by atoms with Crippen molar-refractivity contribution in [2.45, 2.75) is 51.2 Å². The summed E-state index contributed by atoms with van der Waals surface area (Å²) >= 11 is 1.61. The van der Waals surface area contributed by atoms with Crippen LogP contribution in [0.25, 0.3) is 11.3 Å². The summed E-state index contributed by atoms with van der Waals surface area (Å²) in [6.07, 6.45) is 2.52. The summed E-state index contributed by atoms with van der Waals surface area (Å²) in [7, 11) is 0. The van der Waals surface area contributed by atoms with E-state index in [1.165, 1.54) is 0 Å². The Morgan fingerprint density at radius 1 is 1.25 bits per heavy atom. The quantitative estimate of drug-likeness (QED) is 0.520. The van der Waals surface area contributed by atoms with Crippen molar-refractivity contribution in [2.24, 2.45) is 5.16 Å². The van der Waals surface area contributed by atoms with Crippen molar-refractivity contribution >= 4 is 23.5 Å². The number of carbonyl (C=O) groups excluding carboxylic acids is 1. The van der Waals surface area contributed by atoms with Crippen LogP contribution in [0.15, 0.2) is 46.9 Å². The third-order valence-corrected chi connectivity index (χ3v) is 8.05. The monoisotopic (exact) mass is 500 g/mol. The summed E-state index contributed by atoms with van der Waals surface area (Å²) in [4.78, 5) is 25.2. The number of thiazole rings is 1. The normalized spacial score (nSPS) is 18.6. The van der Waals surface area contributed by atoms with E-state index in [-0.39, 0.29) is 17.9 Å². The van der Waals surface area contributed by atoms with Crippen molar-refractivity contribution in [1.29, 1.82) is 5.26 Å². The maximum absolute atomic E-state index is 13.0. The zero-order chi connectivity index (χ0) is 25.2. The first-order valence-electron chi connectivity index (χ1n) is 12.2. The van der Waals surface area contributed by atoms with Crippen LogP contribution in [0.1, 0.15) is 70.2 Å². The van der Waals surface area contributed by atoms with E-state index >= 15 is 0 Å². The molecule has 0 saturated carbocycles. The number of nitrogens with zero attached hydrogens (tertiary/aromatic N) is 4. The van der Waals surface area contributed by atoms with Gasteiger partial charge in [-0.05, 0) is 43.9 Å². The number of nitriles is 1. The third kappa shape index (κ3) is 4.64. The minimum Gasteiger partial charge on any atom is -0.387 e. The Balaban J connectivity index is 1.29. The number of amides is 1. The molecule has 1 aromatic heterocycles. The Hall–Kier alpha value is -3.54. The number of rotatable bonds is 5. The summed E-state index contributed by atoms with van der Waals surface area (Å²) in [6.45, 7) is 5.05. The second kappa shape index (κ2) is 10.2. The molecule has 2 unspecified atom stereocenters. The molecule has 0 radical (unpaired) electrons. The van der Waals surface area contributed by atoms with Crippen LogP contribution in [0.2, 0.25) is 0 Å². The van der Waals surface area contributed by atoms with Crippen LogP contribution in [0.4, 0.5) is 0 Å². The molecule has 8 heteroatoms. The van der Waals surface area contributed by atoms with Gasteiger partial charge in [0.1, 0.15) is 0 Å². The molecule has 0 aliphatic carbocycles. The number of aromatic nitrogens is 1. The van der Waals surface area contributed by atoms with Crippen molar-refractivity contribution in [3.8, 4) is 17.3 Å². The molecule has 1 amide bonds. The summed E-state index contributed by atoms with van der Waals surface area (Å²) in [6, 6.07) is 13.7. The predicted octanol–water partition coefficient (Wildman–Crippen LogP) is 5.19. The van der Waals surface area contributed by atoms with E-state index in [2.05, 4.69) is 11.2 Å². The van der Waals surface area contributed by atoms with Crippen LogP contribution >= 0.6 is 11.3 Å². The first-order chi connectivity index (χ1) is 17.5. The van der Waals surface area contributed by atoms with Crippen LogP contribution in [-0.2, 0) is 9.63 Å². The Labute approximate surface area is 214 Å². The van der Waals surface area contributed by atoms with Gasteiger partial charge in [0.05, 0.1) is 22.3 Å². The predicted molar refractivity (Wildman–Crippen MR) is 139 cm³/mol. The van der Waals surface area contributed by atoms with Crippen LogP contribution in [0.5, 0.6) is 0 Å². The fourth-order valence-corrected chi connectivity index (χ4v) is 6.00. The molecule has 3 heterocycles. The summed E-state index contributed by atoms with van der Waals surface area (Å²) in [5.41, 5.74) is 5.76. The van der Waals surface area contributed by atoms with Gasteiger partial charge >= 0.3 is 0 Å². The molecule has 0 spiro atoms. The molecule has 1 fully saturated rings. The van der Waals surface area contributed by atoms with Crippen LogP contribution in [0, 0.1) is 25.2 Å². The molecule has 1 N–H and O–H groups in total. The molecule has 2 aliphatic rings. The highest BCUT2D eigenvalue weighted by Gasteiger charge is 2.31. The molecule has 2 atom stereocenters. The van der Waals surface area contributed by atoms with Gasteiger partial charge in [-0.2, -0.15) is 5.26 Å². The molecular formula is C28H28N4O3S. The first kappa shape index (κ1) is 24.2. The van der Waals surface area contributed by atoms with Gasteiger partial charge in [0.15, 0.2) is 12.2 Å². The van der Waals surface area contributed by atoms with Gasteiger partial charge in [0.25, 0.3) is 5.91 Å². The number of hydrogen-bond donors (Lipinski definition) is 1. The number of oxime groups is 1. The number of benzene rings is 2. The lowest BCUT2D eigenvalue weighted by Crippen LogP contribution is -2.40. The number of hydrogen-bond acceptors (Lipinski definition) is 7. The highest BCUT2D eigenvalue weighted by molar-refractivity contribution is 7.10. The van der Waals surface area contributed by atoms with Gasteiger partial charge in [-0.1, -0.05) is 41.1 Å². The Morgan fingerprint density at radius 3 is 2.78 bits per heavy atom. The van der Waals surface area contributed by atoms with Crippen LogP contribution < -0.4 is 0 Å². The molecule has 3 aromatic rings. The van der Waals surface area contributed by atoms with E-state index in [4.69, 9.17) is 9.82 Å². The Kier molecular flexibility index (Phi) is 6.86. The molecular weight excluding hydrogens is 472 g/mol. The lowest BCUT2D eigenvalue weighted by atomic mass is 9.93. The first-order valence-corrected chi connectivity index (χ1v) is 13.0. The zero-order valence-electron chi connectivity index (χ0n) is 20.3. The summed E-state index contributed by atoms with van der Waals surface area (Å²) in [5, 5.41) is 27.4. The topological polar surface area (TPSA) is 98.8 Å². The number of carbonyl (C=O) groups is 1.